The van der Waals surface area contributed by atoms with E-state index in [0.29, 0.717) is 16.4 Å². The number of carboxylic acid groups (broad SMARTS) is 1. The quantitative estimate of drug-likeness (QED) is 0.704. The van der Waals surface area contributed by atoms with Gasteiger partial charge < -0.3 is 15.7 Å². The van der Waals surface area contributed by atoms with Crippen LogP contribution in [0.1, 0.15) is 11.3 Å². The predicted molar refractivity (Wildman–Crippen MR) is 75.4 cm³/mol. The van der Waals surface area contributed by atoms with Crippen LogP contribution in [0.4, 0.5) is 0 Å². The maximum Gasteiger partial charge on any atom is 0.323 e. The molecular weight excluding hydrogens is 300 g/mol. The Morgan fingerprint density at radius 3 is 2.48 bits per heavy atom. The van der Waals surface area contributed by atoms with Gasteiger partial charge in [0.2, 0.25) is 11.8 Å². The molecule has 0 aliphatic carbocycles. The zero-order valence-electron chi connectivity index (χ0n) is 11.5. The van der Waals surface area contributed by atoms with E-state index in [0.717, 1.165) is 11.0 Å². The molecule has 0 saturated heterocycles. The first kappa shape index (κ1) is 16.7. The van der Waals surface area contributed by atoms with Crippen molar-refractivity contribution in [1.29, 1.82) is 0 Å². The van der Waals surface area contributed by atoms with Crippen LogP contribution in [0.2, 0.25) is 5.15 Å². The second-order valence-corrected chi connectivity index (χ2v) is 4.66. The molecule has 1 rings (SSSR count). The fourth-order valence-electron chi connectivity index (χ4n) is 1.66. The average Bonchev–Trinajstić information content (AvgIpc) is 2.59. The van der Waals surface area contributed by atoms with E-state index in [1.54, 1.807) is 14.0 Å². The maximum atomic E-state index is 11.9. The van der Waals surface area contributed by atoms with Crippen LogP contribution >= 0.6 is 11.6 Å². The fourth-order valence-corrected chi connectivity index (χ4v) is 1.90. The first-order chi connectivity index (χ1) is 9.72. The van der Waals surface area contributed by atoms with Crippen molar-refractivity contribution >= 4 is 35.5 Å². The van der Waals surface area contributed by atoms with Crippen LogP contribution in [-0.2, 0) is 21.4 Å². The molecule has 114 valence electrons. The summed E-state index contributed by atoms with van der Waals surface area (Å²) in [7, 11) is 1.65. The Kier molecular flexibility index (Phi) is 5.48. The summed E-state index contributed by atoms with van der Waals surface area (Å²) in [5.41, 5.74) is 6.14. The number of aromatic nitrogens is 2. The van der Waals surface area contributed by atoms with Crippen molar-refractivity contribution in [2.75, 3.05) is 13.1 Å². The van der Waals surface area contributed by atoms with Gasteiger partial charge in [0.15, 0.2) is 0 Å². The number of nitrogens with zero attached hydrogens (tertiary/aromatic N) is 3. The smallest absolute Gasteiger partial charge is 0.323 e. The molecule has 9 heteroatoms. The zero-order valence-corrected chi connectivity index (χ0v) is 12.3. The molecule has 0 saturated carbocycles. The lowest BCUT2D eigenvalue weighted by atomic mass is 10.2. The number of nitrogens with two attached hydrogens (primary N) is 1. The summed E-state index contributed by atoms with van der Waals surface area (Å²) in [6.45, 7) is 0.621. The highest BCUT2D eigenvalue weighted by molar-refractivity contribution is 6.31. The molecule has 3 N–H and O–H groups in total. The average molecular weight is 315 g/mol. The molecular formula is C12H15ClN4O4. The number of halogens is 1. The Morgan fingerprint density at radius 2 is 2.05 bits per heavy atom. The van der Waals surface area contributed by atoms with Crippen molar-refractivity contribution in [1.82, 2.24) is 14.7 Å². The molecule has 0 aliphatic rings. The van der Waals surface area contributed by atoms with E-state index in [-0.39, 0.29) is 0 Å². The van der Waals surface area contributed by atoms with Gasteiger partial charge in [0.25, 0.3) is 0 Å². The molecule has 0 bridgehead atoms. The number of carboxylic acids is 1. The third-order valence-electron chi connectivity index (χ3n) is 2.57. The largest absolute Gasteiger partial charge is 0.480 e. The summed E-state index contributed by atoms with van der Waals surface area (Å²) in [6, 6.07) is 0. The normalized spacial score (nSPS) is 10.8. The number of hydrogen-bond donors (Lipinski definition) is 2. The van der Waals surface area contributed by atoms with Gasteiger partial charge in [-0.3, -0.25) is 19.1 Å². The number of rotatable bonds is 6. The highest BCUT2D eigenvalue weighted by Crippen LogP contribution is 2.20. The summed E-state index contributed by atoms with van der Waals surface area (Å²) in [5.74, 6) is -2.70. The maximum absolute atomic E-state index is 11.9. The number of hydrogen-bond acceptors (Lipinski definition) is 4. The number of aliphatic carboxylic acids is 1. The van der Waals surface area contributed by atoms with Gasteiger partial charge in [0.05, 0.1) is 5.69 Å². The molecule has 1 aromatic rings. The second kappa shape index (κ2) is 6.89. The van der Waals surface area contributed by atoms with E-state index in [2.05, 4.69) is 5.10 Å². The van der Waals surface area contributed by atoms with Gasteiger partial charge >= 0.3 is 5.97 Å². The minimum absolute atomic E-state index is 0.344. The lowest BCUT2D eigenvalue weighted by Gasteiger charge is -2.16. The molecule has 0 spiro atoms. The van der Waals surface area contributed by atoms with E-state index >= 15 is 0 Å². The van der Waals surface area contributed by atoms with Crippen molar-refractivity contribution in [3.63, 3.8) is 0 Å². The molecule has 0 atom stereocenters. The number of amides is 2. The molecule has 0 unspecified atom stereocenters. The minimum Gasteiger partial charge on any atom is -0.480 e. The molecule has 1 heterocycles. The third-order valence-corrected chi connectivity index (χ3v) is 3.02. The van der Waals surface area contributed by atoms with Crippen molar-refractivity contribution in [3.05, 3.63) is 22.5 Å². The Balaban J connectivity index is 2.92. The minimum atomic E-state index is -1.24. The van der Waals surface area contributed by atoms with E-state index in [1.807, 2.05) is 0 Å². The van der Waals surface area contributed by atoms with Gasteiger partial charge in [0, 0.05) is 18.7 Å². The van der Waals surface area contributed by atoms with Gasteiger partial charge in [-0.15, -0.1) is 0 Å². The summed E-state index contributed by atoms with van der Waals surface area (Å²) >= 11 is 6.00. The van der Waals surface area contributed by atoms with Gasteiger partial charge in [-0.1, -0.05) is 11.6 Å². The van der Waals surface area contributed by atoms with Gasteiger partial charge in [-0.2, -0.15) is 5.10 Å². The van der Waals surface area contributed by atoms with E-state index < -0.39 is 30.9 Å². The SMILES string of the molecule is Cc1nn(C)c(Cl)c1/C=C/C(=O)N(CC(N)=O)CC(=O)O. The Bertz CT molecular complexity index is 593. The van der Waals surface area contributed by atoms with Crippen molar-refractivity contribution < 1.29 is 19.5 Å². The summed E-state index contributed by atoms with van der Waals surface area (Å²) < 4.78 is 1.44. The highest BCUT2D eigenvalue weighted by atomic mass is 35.5. The van der Waals surface area contributed by atoms with Crippen LogP contribution in [0.25, 0.3) is 6.08 Å². The summed E-state index contributed by atoms with van der Waals surface area (Å²) in [6.07, 6.45) is 2.55. The summed E-state index contributed by atoms with van der Waals surface area (Å²) in [4.78, 5) is 34.3. The molecule has 8 nitrogen and oxygen atoms in total. The summed E-state index contributed by atoms with van der Waals surface area (Å²) in [5, 5.41) is 13.1. The molecule has 0 aliphatic heterocycles. The van der Waals surface area contributed by atoms with Gasteiger partial charge in [0.1, 0.15) is 18.2 Å². The van der Waals surface area contributed by atoms with E-state index in [9.17, 15) is 14.4 Å². The Hall–Kier alpha value is -2.35. The number of primary amides is 1. The molecule has 21 heavy (non-hydrogen) atoms. The van der Waals surface area contributed by atoms with E-state index in [4.69, 9.17) is 22.4 Å². The monoisotopic (exact) mass is 314 g/mol. The number of aryl methyl sites for hydroxylation is 2. The van der Waals surface area contributed by atoms with Crippen LogP contribution in [0.3, 0.4) is 0 Å². The van der Waals surface area contributed by atoms with Crippen molar-refractivity contribution in [2.45, 2.75) is 6.92 Å². The Labute approximate surface area is 125 Å². The second-order valence-electron chi connectivity index (χ2n) is 4.30. The third kappa shape index (κ3) is 4.60. The zero-order chi connectivity index (χ0) is 16.2. The van der Waals surface area contributed by atoms with Crippen LogP contribution < -0.4 is 5.73 Å². The van der Waals surface area contributed by atoms with Crippen LogP contribution in [0.5, 0.6) is 0 Å². The highest BCUT2D eigenvalue weighted by Gasteiger charge is 2.17. The van der Waals surface area contributed by atoms with Gasteiger partial charge in [-0.05, 0) is 13.0 Å². The molecule has 0 radical (unpaired) electrons. The van der Waals surface area contributed by atoms with Crippen LogP contribution in [0.15, 0.2) is 6.08 Å². The number of carbonyl (C=O) groups excluding carboxylic acids is 2. The van der Waals surface area contributed by atoms with E-state index in [1.165, 1.54) is 10.8 Å². The lowest BCUT2D eigenvalue weighted by Crippen LogP contribution is -2.40. The standard InChI is InChI=1S/C12H15ClN4O4/c1-7-8(12(13)16(2)15-7)3-4-10(19)17(5-9(14)18)6-11(20)21/h3-4H,5-6H2,1-2H3,(H2,14,18)(H,20,21)/b4-3+. The first-order valence-corrected chi connectivity index (χ1v) is 6.26. The van der Waals surface area contributed by atoms with Gasteiger partial charge in [-0.25, -0.2) is 0 Å². The first-order valence-electron chi connectivity index (χ1n) is 5.88. The molecule has 0 aromatic carbocycles. The molecule has 1 aromatic heterocycles. The molecule has 0 fully saturated rings. The van der Waals surface area contributed by atoms with Crippen molar-refractivity contribution in [3.8, 4) is 0 Å². The Morgan fingerprint density at radius 1 is 1.43 bits per heavy atom. The van der Waals surface area contributed by atoms with Crippen LogP contribution in [0, 0.1) is 6.92 Å². The predicted octanol–water partition coefficient (Wildman–Crippen LogP) is -0.206. The number of carbonyl (C=O) groups is 3. The topological polar surface area (TPSA) is 119 Å². The van der Waals surface area contributed by atoms with Crippen LogP contribution in [-0.4, -0.2) is 50.7 Å². The fraction of sp³-hybridized carbons (Fsp3) is 0.333. The molecule has 2 amide bonds. The lowest BCUT2D eigenvalue weighted by molar-refractivity contribution is -0.143. The van der Waals surface area contributed by atoms with Crippen molar-refractivity contribution in [2.24, 2.45) is 12.8 Å².